The van der Waals surface area contributed by atoms with Crippen LogP contribution in [-0.4, -0.2) is 30.2 Å². The Morgan fingerprint density at radius 1 is 1.67 bits per heavy atom. The number of rotatable bonds is 4. The molecular weight excluding hydrogens is 254 g/mol. The van der Waals surface area contributed by atoms with Crippen LogP contribution in [0.3, 0.4) is 0 Å². The molecule has 2 rings (SSSR count). The topological polar surface area (TPSA) is 67.2 Å². The number of nitrogens with zero attached hydrogens (tertiary/aromatic N) is 1. The number of aromatic nitrogens is 1. The summed E-state index contributed by atoms with van der Waals surface area (Å²) in [6.45, 7) is 3.73. The third-order valence-corrected chi connectivity index (χ3v) is 3.50. The fourth-order valence-corrected chi connectivity index (χ4v) is 2.42. The molecule has 1 saturated heterocycles. The molecule has 1 atom stereocenters. The van der Waals surface area contributed by atoms with Crippen LogP contribution >= 0.6 is 11.6 Å². The number of carbonyl (C=O) groups excluding carboxylic acids is 1. The van der Waals surface area contributed by atoms with Crippen molar-refractivity contribution in [2.24, 2.45) is 0 Å². The van der Waals surface area contributed by atoms with Crippen LogP contribution in [0.25, 0.3) is 0 Å². The standard InChI is InChI=1S/C12H18ClN3O2/c1-8-10(12(13)18-16-8)4-5-11(17)15-9-3-2-6-14-7-9/h9,14H,2-7H2,1H3,(H,15,17). The van der Waals surface area contributed by atoms with Crippen LogP contribution < -0.4 is 10.6 Å². The summed E-state index contributed by atoms with van der Waals surface area (Å²) in [6, 6.07) is 0.255. The predicted octanol–water partition coefficient (Wildman–Crippen LogP) is 1.44. The number of amides is 1. The second kappa shape index (κ2) is 6.20. The lowest BCUT2D eigenvalue weighted by molar-refractivity contribution is -0.121. The molecule has 1 aliphatic rings. The number of nitrogens with one attached hydrogen (secondary N) is 2. The predicted molar refractivity (Wildman–Crippen MR) is 68.6 cm³/mol. The number of aryl methyl sites for hydroxylation is 1. The first kappa shape index (κ1) is 13.4. The van der Waals surface area contributed by atoms with Gasteiger partial charge in [0.25, 0.3) is 0 Å². The fraction of sp³-hybridized carbons (Fsp3) is 0.667. The van der Waals surface area contributed by atoms with Crippen molar-refractivity contribution in [1.29, 1.82) is 0 Å². The third-order valence-electron chi connectivity index (χ3n) is 3.20. The Morgan fingerprint density at radius 2 is 2.50 bits per heavy atom. The highest BCUT2D eigenvalue weighted by atomic mass is 35.5. The molecule has 100 valence electrons. The van der Waals surface area contributed by atoms with E-state index in [0.29, 0.717) is 18.1 Å². The van der Waals surface area contributed by atoms with Gasteiger partial charge in [-0.25, -0.2) is 0 Å². The van der Waals surface area contributed by atoms with Gasteiger partial charge in [0.1, 0.15) is 0 Å². The lowest BCUT2D eigenvalue weighted by atomic mass is 10.1. The maximum Gasteiger partial charge on any atom is 0.229 e. The fourth-order valence-electron chi connectivity index (χ4n) is 2.15. The van der Waals surface area contributed by atoms with Gasteiger partial charge in [0.05, 0.1) is 5.69 Å². The maximum atomic E-state index is 11.8. The third kappa shape index (κ3) is 3.46. The van der Waals surface area contributed by atoms with E-state index in [4.69, 9.17) is 16.1 Å². The van der Waals surface area contributed by atoms with Gasteiger partial charge in [-0.15, -0.1) is 0 Å². The van der Waals surface area contributed by atoms with E-state index < -0.39 is 0 Å². The van der Waals surface area contributed by atoms with Crippen LogP contribution in [0.5, 0.6) is 0 Å². The van der Waals surface area contributed by atoms with Crippen LogP contribution in [0.15, 0.2) is 4.52 Å². The zero-order valence-corrected chi connectivity index (χ0v) is 11.2. The van der Waals surface area contributed by atoms with E-state index in [0.717, 1.165) is 37.2 Å². The van der Waals surface area contributed by atoms with Gasteiger partial charge < -0.3 is 15.2 Å². The number of halogens is 1. The first-order valence-electron chi connectivity index (χ1n) is 6.27. The van der Waals surface area contributed by atoms with Gasteiger partial charge in [-0.2, -0.15) is 0 Å². The minimum atomic E-state index is 0.0559. The van der Waals surface area contributed by atoms with E-state index in [-0.39, 0.29) is 11.9 Å². The molecular formula is C12H18ClN3O2. The van der Waals surface area contributed by atoms with E-state index in [1.54, 1.807) is 0 Å². The molecule has 1 amide bonds. The zero-order chi connectivity index (χ0) is 13.0. The molecule has 0 bridgehead atoms. The Balaban J connectivity index is 1.77. The smallest absolute Gasteiger partial charge is 0.229 e. The van der Waals surface area contributed by atoms with Crippen molar-refractivity contribution in [2.75, 3.05) is 13.1 Å². The van der Waals surface area contributed by atoms with E-state index in [2.05, 4.69) is 15.8 Å². The number of carbonyl (C=O) groups is 1. The molecule has 1 aliphatic heterocycles. The molecule has 0 spiro atoms. The highest BCUT2D eigenvalue weighted by molar-refractivity contribution is 6.29. The second-order valence-electron chi connectivity index (χ2n) is 4.63. The van der Waals surface area contributed by atoms with Crippen LogP contribution in [0.1, 0.15) is 30.5 Å². The number of piperidine rings is 1. The molecule has 6 heteroatoms. The SMILES string of the molecule is Cc1noc(Cl)c1CCC(=O)NC1CCCNC1. The highest BCUT2D eigenvalue weighted by Gasteiger charge is 2.17. The monoisotopic (exact) mass is 271 g/mol. The summed E-state index contributed by atoms with van der Waals surface area (Å²) in [6.07, 6.45) is 3.14. The van der Waals surface area contributed by atoms with Gasteiger partial charge in [-0.3, -0.25) is 4.79 Å². The Bertz CT molecular complexity index is 394. The first-order chi connectivity index (χ1) is 8.66. The van der Waals surface area contributed by atoms with Crippen molar-refractivity contribution in [3.63, 3.8) is 0 Å². The van der Waals surface area contributed by atoms with Crippen LogP contribution in [-0.2, 0) is 11.2 Å². The Hall–Kier alpha value is -1.07. The molecule has 1 aromatic heterocycles. The van der Waals surface area contributed by atoms with Gasteiger partial charge >= 0.3 is 0 Å². The molecule has 2 N–H and O–H groups in total. The van der Waals surface area contributed by atoms with Gasteiger partial charge in [-0.05, 0) is 44.3 Å². The van der Waals surface area contributed by atoms with Crippen LogP contribution in [0, 0.1) is 6.92 Å². The largest absolute Gasteiger partial charge is 0.352 e. The number of hydrogen-bond acceptors (Lipinski definition) is 4. The summed E-state index contributed by atoms with van der Waals surface area (Å²) >= 11 is 5.85. The van der Waals surface area contributed by atoms with E-state index >= 15 is 0 Å². The number of hydrogen-bond donors (Lipinski definition) is 2. The molecule has 0 aromatic carbocycles. The quantitative estimate of drug-likeness (QED) is 0.870. The van der Waals surface area contributed by atoms with Crippen molar-refractivity contribution in [1.82, 2.24) is 15.8 Å². The normalized spacial score (nSPS) is 19.8. The van der Waals surface area contributed by atoms with Gasteiger partial charge in [0.15, 0.2) is 0 Å². The zero-order valence-electron chi connectivity index (χ0n) is 10.5. The summed E-state index contributed by atoms with van der Waals surface area (Å²) in [5, 5.41) is 10.3. The van der Waals surface area contributed by atoms with Gasteiger partial charge in [-0.1, -0.05) is 5.16 Å². The van der Waals surface area contributed by atoms with E-state index in [9.17, 15) is 4.79 Å². The molecule has 0 radical (unpaired) electrons. The first-order valence-corrected chi connectivity index (χ1v) is 6.65. The van der Waals surface area contributed by atoms with Crippen molar-refractivity contribution < 1.29 is 9.32 Å². The Morgan fingerprint density at radius 3 is 3.11 bits per heavy atom. The van der Waals surface area contributed by atoms with Gasteiger partial charge in [0, 0.05) is 24.6 Å². The molecule has 18 heavy (non-hydrogen) atoms. The van der Waals surface area contributed by atoms with Gasteiger partial charge in [0.2, 0.25) is 11.1 Å². The minimum Gasteiger partial charge on any atom is -0.352 e. The molecule has 2 heterocycles. The molecule has 5 nitrogen and oxygen atoms in total. The summed E-state index contributed by atoms with van der Waals surface area (Å²) < 4.78 is 4.85. The van der Waals surface area contributed by atoms with Crippen molar-refractivity contribution in [3.05, 3.63) is 16.5 Å². The minimum absolute atomic E-state index is 0.0559. The molecule has 1 fully saturated rings. The van der Waals surface area contributed by atoms with Crippen molar-refractivity contribution >= 4 is 17.5 Å². The summed E-state index contributed by atoms with van der Waals surface area (Å²) in [7, 11) is 0. The van der Waals surface area contributed by atoms with Crippen molar-refractivity contribution in [2.45, 2.75) is 38.6 Å². The lowest BCUT2D eigenvalue weighted by Gasteiger charge is -2.23. The maximum absolute atomic E-state index is 11.8. The average molecular weight is 272 g/mol. The summed E-state index contributed by atoms with van der Waals surface area (Å²) in [5.41, 5.74) is 1.58. The molecule has 0 aliphatic carbocycles. The molecule has 0 saturated carbocycles. The highest BCUT2D eigenvalue weighted by Crippen LogP contribution is 2.20. The summed E-state index contributed by atoms with van der Waals surface area (Å²) in [5.74, 6) is 0.0559. The van der Waals surface area contributed by atoms with Crippen molar-refractivity contribution in [3.8, 4) is 0 Å². The van der Waals surface area contributed by atoms with Crippen LogP contribution in [0.2, 0.25) is 5.22 Å². The Kier molecular flexibility index (Phi) is 4.60. The molecule has 1 unspecified atom stereocenters. The second-order valence-corrected chi connectivity index (χ2v) is 4.97. The molecule has 1 aromatic rings. The van der Waals surface area contributed by atoms with E-state index in [1.807, 2.05) is 6.92 Å². The summed E-state index contributed by atoms with van der Waals surface area (Å²) in [4.78, 5) is 11.8. The average Bonchev–Trinajstić information content (AvgIpc) is 2.68. The Labute approximate surface area is 111 Å². The lowest BCUT2D eigenvalue weighted by Crippen LogP contribution is -2.45. The van der Waals surface area contributed by atoms with Crippen LogP contribution in [0.4, 0.5) is 0 Å². The van der Waals surface area contributed by atoms with E-state index in [1.165, 1.54) is 0 Å².